The van der Waals surface area contributed by atoms with E-state index in [1.54, 1.807) is 38.2 Å². The van der Waals surface area contributed by atoms with Crippen molar-refractivity contribution in [3.63, 3.8) is 0 Å². The Balaban J connectivity index is 2.23. The normalized spacial score (nSPS) is 12.2. The van der Waals surface area contributed by atoms with E-state index in [4.69, 9.17) is 4.74 Å². The Hall–Kier alpha value is -2.06. The van der Waals surface area contributed by atoms with Crippen LogP contribution in [0.5, 0.6) is 0 Å². The van der Waals surface area contributed by atoms with Crippen LogP contribution in [-0.4, -0.2) is 29.0 Å². The fourth-order valence-electron chi connectivity index (χ4n) is 2.04. The van der Waals surface area contributed by atoms with Crippen molar-refractivity contribution >= 4 is 22.8 Å². The first-order chi connectivity index (χ1) is 10.4. The fourth-order valence-corrected chi connectivity index (χ4v) is 2.88. The monoisotopic (exact) mass is 322 g/mol. The van der Waals surface area contributed by atoms with Gasteiger partial charge in [0.05, 0.1) is 17.2 Å². The second kappa shape index (κ2) is 6.80. The highest BCUT2D eigenvalue weighted by molar-refractivity contribution is 7.09. The molecule has 7 nitrogen and oxygen atoms in total. The summed E-state index contributed by atoms with van der Waals surface area (Å²) in [6.07, 6.45) is 1.52. The summed E-state index contributed by atoms with van der Waals surface area (Å²) in [6.45, 7) is 4.09. The lowest BCUT2D eigenvalue weighted by atomic mass is 10.2. The number of thiazole rings is 1. The number of aryl methyl sites for hydroxylation is 1. The molecule has 0 bridgehead atoms. The van der Waals surface area contributed by atoms with Crippen LogP contribution in [0.4, 0.5) is 11.5 Å². The zero-order chi connectivity index (χ0) is 16.3. The molecule has 0 amide bonds. The summed E-state index contributed by atoms with van der Waals surface area (Å²) in [6, 6.07) is 1.64. The molecule has 118 valence electrons. The maximum atomic E-state index is 11.2. The van der Waals surface area contributed by atoms with E-state index in [1.807, 2.05) is 12.3 Å². The Morgan fingerprint density at radius 2 is 2.27 bits per heavy atom. The molecule has 0 aliphatic rings. The predicted octanol–water partition coefficient (Wildman–Crippen LogP) is 3.10. The summed E-state index contributed by atoms with van der Waals surface area (Å²) in [5.74, 6) is 0.347. The molecule has 0 N–H and O–H groups in total. The quantitative estimate of drug-likeness (QED) is 0.600. The van der Waals surface area contributed by atoms with Crippen molar-refractivity contribution in [2.45, 2.75) is 26.5 Å². The Morgan fingerprint density at radius 3 is 2.91 bits per heavy atom. The molecule has 1 atom stereocenters. The lowest BCUT2D eigenvalue weighted by Crippen LogP contribution is -2.19. The van der Waals surface area contributed by atoms with Crippen molar-refractivity contribution in [1.29, 1.82) is 0 Å². The number of nitro groups is 1. The fraction of sp³-hybridized carbons (Fsp3) is 0.429. The van der Waals surface area contributed by atoms with Crippen LogP contribution in [0.15, 0.2) is 17.6 Å². The minimum Gasteiger partial charge on any atom is -0.375 e. The van der Waals surface area contributed by atoms with Gasteiger partial charge in [-0.25, -0.2) is 9.97 Å². The first-order valence-electron chi connectivity index (χ1n) is 6.72. The molecular weight excluding hydrogens is 304 g/mol. The van der Waals surface area contributed by atoms with Gasteiger partial charge in [0, 0.05) is 31.3 Å². The van der Waals surface area contributed by atoms with Gasteiger partial charge in [-0.15, -0.1) is 11.3 Å². The Labute approximate surface area is 132 Å². The van der Waals surface area contributed by atoms with Crippen LogP contribution in [-0.2, 0) is 11.3 Å². The molecule has 0 saturated carbocycles. The molecule has 2 aromatic rings. The number of nitrogens with zero attached hydrogens (tertiary/aromatic N) is 4. The van der Waals surface area contributed by atoms with E-state index in [0.717, 1.165) is 10.7 Å². The van der Waals surface area contributed by atoms with Crippen LogP contribution in [0.2, 0.25) is 0 Å². The summed E-state index contributed by atoms with van der Waals surface area (Å²) in [5, 5.41) is 14.1. The Kier molecular flexibility index (Phi) is 5.04. The van der Waals surface area contributed by atoms with Crippen molar-refractivity contribution in [2.75, 3.05) is 19.1 Å². The van der Waals surface area contributed by atoms with Crippen molar-refractivity contribution in [3.05, 3.63) is 44.0 Å². The van der Waals surface area contributed by atoms with Crippen LogP contribution in [0, 0.1) is 17.0 Å². The minimum absolute atomic E-state index is 0.0331. The minimum atomic E-state index is -0.395. The SMILES string of the molecule is COC(C)c1nc(CN(C)c2nccc(C)c2[N+](=O)[O-])cs1. The van der Waals surface area contributed by atoms with Crippen molar-refractivity contribution < 1.29 is 9.66 Å². The molecule has 8 heteroatoms. The van der Waals surface area contributed by atoms with Gasteiger partial charge in [-0.1, -0.05) is 0 Å². The predicted molar refractivity (Wildman–Crippen MR) is 85.3 cm³/mol. The van der Waals surface area contributed by atoms with Crippen LogP contribution in [0.1, 0.15) is 29.3 Å². The summed E-state index contributed by atoms with van der Waals surface area (Å²) < 4.78 is 5.24. The average molecular weight is 322 g/mol. The van der Waals surface area contributed by atoms with Gasteiger partial charge in [-0.05, 0) is 19.9 Å². The van der Waals surface area contributed by atoms with Crippen molar-refractivity contribution in [1.82, 2.24) is 9.97 Å². The third-order valence-corrected chi connectivity index (χ3v) is 4.38. The largest absolute Gasteiger partial charge is 0.375 e. The van der Waals surface area contributed by atoms with E-state index in [2.05, 4.69) is 9.97 Å². The molecule has 2 rings (SSSR count). The zero-order valence-corrected chi connectivity index (χ0v) is 13.8. The first-order valence-corrected chi connectivity index (χ1v) is 7.60. The van der Waals surface area contributed by atoms with Crippen molar-refractivity contribution in [3.8, 4) is 0 Å². The van der Waals surface area contributed by atoms with Crippen LogP contribution in [0.3, 0.4) is 0 Å². The van der Waals surface area contributed by atoms with E-state index in [-0.39, 0.29) is 11.8 Å². The molecule has 1 unspecified atom stereocenters. The number of pyridine rings is 1. The van der Waals surface area contributed by atoms with Gasteiger partial charge in [0.25, 0.3) is 0 Å². The van der Waals surface area contributed by atoms with Gasteiger partial charge in [0.15, 0.2) is 0 Å². The molecule has 0 fully saturated rings. The summed E-state index contributed by atoms with van der Waals surface area (Å²) in [4.78, 5) is 21.2. The summed E-state index contributed by atoms with van der Waals surface area (Å²) in [5.41, 5.74) is 1.46. The molecule has 2 heterocycles. The number of hydrogen-bond donors (Lipinski definition) is 0. The maximum Gasteiger partial charge on any atom is 0.314 e. The van der Waals surface area contributed by atoms with E-state index < -0.39 is 4.92 Å². The molecule has 0 aliphatic carbocycles. The highest BCUT2D eigenvalue weighted by atomic mass is 32.1. The molecular formula is C14H18N4O3S. The second-order valence-electron chi connectivity index (χ2n) is 4.97. The van der Waals surface area contributed by atoms with Gasteiger partial charge >= 0.3 is 5.69 Å². The van der Waals surface area contributed by atoms with Crippen LogP contribution < -0.4 is 4.90 Å². The molecule has 0 saturated heterocycles. The third-order valence-electron chi connectivity index (χ3n) is 3.32. The molecule has 0 aromatic carbocycles. The number of ether oxygens (including phenoxy) is 1. The molecule has 0 spiro atoms. The van der Waals surface area contributed by atoms with E-state index >= 15 is 0 Å². The molecule has 22 heavy (non-hydrogen) atoms. The molecule has 2 aromatic heterocycles. The topological polar surface area (TPSA) is 81.4 Å². The van der Waals surface area contributed by atoms with Gasteiger partial charge < -0.3 is 9.64 Å². The van der Waals surface area contributed by atoms with Gasteiger partial charge in [0.2, 0.25) is 5.82 Å². The van der Waals surface area contributed by atoms with Crippen LogP contribution >= 0.6 is 11.3 Å². The zero-order valence-electron chi connectivity index (χ0n) is 12.9. The second-order valence-corrected chi connectivity index (χ2v) is 5.86. The smallest absolute Gasteiger partial charge is 0.314 e. The number of rotatable bonds is 6. The van der Waals surface area contributed by atoms with E-state index in [9.17, 15) is 10.1 Å². The number of anilines is 1. The number of methoxy groups -OCH3 is 1. The summed E-state index contributed by atoms with van der Waals surface area (Å²) in [7, 11) is 3.41. The highest BCUT2D eigenvalue weighted by Gasteiger charge is 2.22. The van der Waals surface area contributed by atoms with Gasteiger partial charge in [0.1, 0.15) is 11.1 Å². The molecule has 0 radical (unpaired) electrons. The number of aromatic nitrogens is 2. The van der Waals surface area contributed by atoms with Gasteiger partial charge in [-0.2, -0.15) is 0 Å². The first kappa shape index (κ1) is 16.3. The maximum absolute atomic E-state index is 11.2. The lowest BCUT2D eigenvalue weighted by molar-refractivity contribution is -0.384. The average Bonchev–Trinajstić information content (AvgIpc) is 2.94. The van der Waals surface area contributed by atoms with Gasteiger partial charge in [-0.3, -0.25) is 10.1 Å². The Morgan fingerprint density at radius 1 is 1.55 bits per heavy atom. The van der Waals surface area contributed by atoms with Crippen LogP contribution in [0.25, 0.3) is 0 Å². The van der Waals surface area contributed by atoms with Crippen molar-refractivity contribution in [2.24, 2.45) is 0 Å². The third kappa shape index (κ3) is 3.40. The Bertz CT molecular complexity index is 674. The molecule has 0 aliphatic heterocycles. The number of hydrogen-bond acceptors (Lipinski definition) is 7. The highest BCUT2D eigenvalue weighted by Crippen LogP contribution is 2.29. The lowest BCUT2D eigenvalue weighted by Gasteiger charge is -2.17. The standard InChI is InChI=1S/C14H18N4O3S/c1-9-5-6-15-13(12(9)18(19)20)17(3)7-11-8-22-14(16-11)10(2)21-4/h5-6,8,10H,7H2,1-4H3. The van der Waals surface area contributed by atoms with E-state index in [1.165, 1.54) is 11.3 Å². The van der Waals surface area contributed by atoms with E-state index in [0.29, 0.717) is 17.9 Å². The summed E-state index contributed by atoms with van der Waals surface area (Å²) >= 11 is 1.52.